The minimum absolute atomic E-state index is 0.755. The molecule has 0 aromatic carbocycles. The van der Waals surface area contributed by atoms with Crippen molar-refractivity contribution in [3.63, 3.8) is 0 Å². The van der Waals surface area contributed by atoms with Crippen LogP contribution in [-0.2, 0) is 0 Å². The first-order valence-electron chi connectivity index (χ1n) is 11.9. The summed E-state index contributed by atoms with van der Waals surface area (Å²) in [4.78, 5) is 22.6. The molecule has 8 heteroatoms. The Morgan fingerprint density at radius 2 is 0.722 bits per heavy atom. The molecule has 7 rings (SSSR count). The monoisotopic (exact) mass is 474 g/mol. The normalized spacial score (nSPS) is 16.4. The Morgan fingerprint density at radius 1 is 0.389 bits per heavy atom. The standard InChI is InChI=1S/C28H26N8/c1-2-22-14-24-4-6-26(31-24)16-34-10-12-36(20-34)18-28-8-7-27(32-28)17-35-11-9-33(19-35)15-25-5-3-23(30-25)13-21(1)29-22/h1-18,29-32H,19-20H2. The van der Waals surface area contributed by atoms with Gasteiger partial charge in [-0.15, -0.1) is 0 Å². The van der Waals surface area contributed by atoms with E-state index in [2.05, 4.69) is 150 Å². The van der Waals surface area contributed by atoms with Crippen LogP contribution >= 0.6 is 0 Å². The number of nitrogens with zero attached hydrogens (tertiary/aromatic N) is 4. The summed E-state index contributed by atoms with van der Waals surface area (Å²) in [6.07, 6.45) is 21.0. The summed E-state index contributed by atoms with van der Waals surface area (Å²) in [5.74, 6) is 0. The summed E-state index contributed by atoms with van der Waals surface area (Å²) in [5, 5.41) is 6.34. The summed E-state index contributed by atoms with van der Waals surface area (Å²) in [5.41, 5.74) is 2.10. The first kappa shape index (κ1) is 20.4. The molecule has 0 radical (unpaired) electrons. The zero-order valence-electron chi connectivity index (χ0n) is 19.6. The van der Waals surface area contributed by atoms with E-state index in [1.54, 1.807) is 0 Å². The van der Waals surface area contributed by atoms with E-state index in [-0.39, 0.29) is 0 Å². The molecule has 36 heavy (non-hydrogen) atoms. The van der Waals surface area contributed by atoms with Crippen LogP contribution in [0.15, 0.2) is 73.3 Å². The number of nitrogens with one attached hydrogen (secondary N) is 4. The number of hydrogen-bond donors (Lipinski definition) is 4. The second-order valence-corrected chi connectivity index (χ2v) is 9.22. The van der Waals surface area contributed by atoms with Crippen LogP contribution in [0.25, 0.3) is 37.0 Å². The van der Waals surface area contributed by atoms with Gasteiger partial charge in [0.05, 0.1) is 34.7 Å². The second-order valence-electron chi connectivity index (χ2n) is 9.22. The fourth-order valence-electron chi connectivity index (χ4n) is 4.65. The van der Waals surface area contributed by atoms with Crippen LogP contribution in [0.2, 0.25) is 0 Å². The Kier molecular flexibility index (Phi) is 4.73. The Bertz CT molecular complexity index is 1710. The number of aromatic nitrogens is 4. The zero-order valence-corrected chi connectivity index (χ0v) is 19.6. The van der Waals surface area contributed by atoms with Crippen molar-refractivity contribution in [2.24, 2.45) is 0 Å². The van der Waals surface area contributed by atoms with Crippen molar-refractivity contribution >= 4 is 37.0 Å². The molecule has 4 N–H and O–H groups in total. The predicted octanol–water partition coefficient (Wildman–Crippen LogP) is -0.585. The highest BCUT2D eigenvalue weighted by molar-refractivity contribution is 5.52. The van der Waals surface area contributed by atoms with Crippen molar-refractivity contribution in [1.29, 1.82) is 0 Å². The minimum Gasteiger partial charge on any atom is -0.355 e. The summed E-state index contributed by atoms with van der Waals surface area (Å²) in [6, 6.07) is 16.8. The maximum absolute atomic E-state index is 3.49. The van der Waals surface area contributed by atoms with Crippen molar-refractivity contribution in [1.82, 2.24) is 39.5 Å². The van der Waals surface area contributed by atoms with Crippen LogP contribution in [0.1, 0.15) is 11.4 Å². The smallest absolute Gasteiger partial charge is 0.0979 e. The van der Waals surface area contributed by atoms with Gasteiger partial charge in [0.1, 0.15) is 0 Å². The highest BCUT2D eigenvalue weighted by atomic mass is 15.3. The van der Waals surface area contributed by atoms with Gasteiger partial charge in [-0.05, 0) is 60.7 Å². The summed E-state index contributed by atoms with van der Waals surface area (Å²) in [6.45, 7) is 1.51. The molecule has 0 saturated heterocycles. The average molecular weight is 475 g/mol. The fraction of sp³-hybridized carbons (Fsp3) is 0.0714. The first-order chi connectivity index (χ1) is 17.7. The van der Waals surface area contributed by atoms with Crippen LogP contribution < -0.4 is 32.1 Å². The third-order valence-electron chi connectivity index (χ3n) is 6.32. The molecule has 4 aromatic heterocycles. The number of fused-ring (bicyclic) bond motifs is 12. The van der Waals surface area contributed by atoms with Gasteiger partial charge in [-0.3, -0.25) is 0 Å². The number of aromatic amines is 4. The Labute approximate surface area is 206 Å². The van der Waals surface area contributed by atoms with Crippen molar-refractivity contribution in [2.75, 3.05) is 13.3 Å². The van der Waals surface area contributed by atoms with Gasteiger partial charge in [0.25, 0.3) is 0 Å². The van der Waals surface area contributed by atoms with Gasteiger partial charge in [0.2, 0.25) is 0 Å². The topological polar surface area (TPSA) is 76.1 Å². The van der Waals surface area contributed by atoms with Crippen molar-refractivity contribution in [3.05, 3.63) is 117 Å². The molecule has 12 bridgehead atoms. The van der Waals surface area contributed by atoms with E-state index in [0.717, 1.165) is 56.8 Å². The predicted molar refractivity (Wildman–Crippen MR) is 141 cm³/mol. The maximum atomic E-state index is 3.49. The van der Waals surface area contributed by atoms with E-state index >= 15 is 0 Å². The van der Waals surface area contributed by atoms with Crippen molar-refractivity contribution < 1.29 is 0 Å². The third kappa shape index (κ3) is 4.27. The van der Waals surface area contributed by atoms with Gasteiger partial charge >= 0.3 is 0 Å². The van der Waals surface area contributed by atoms with Gasteiger partial charge in [-0.25, -0.2) is 0 Å². The molecule has 3 aliphatic heterocycles. The van der Waals surface area contributed by atoms with E-state index in [9.17, 15) is 0 Å². The third-order valence-corrected chi connectivity index (χ3v) is 6.32. The maximum Gasteiger partial charge on any atom is 0.0979 e. The lowest BCUT2D eigenvalue weighted by Gasteiger charge is -2.14. The average Bonchev–Trinajstić information content (AvgIpc) is 3.68. The molecule has 3 aliphatic rings. The summed E-state index contributed by atoms with van der Waals surface area (Å²) in [7, 11) is 0. The fourth-order valence-corrected chi connectivity index (χ4v) is 4.65. The van der Waals surface area contributed by atoms with Gasteiger partial charge in [0, 0.05) is 71.7 Å². The Hall–Kier alpha value is -4.98. The van der Waals surface area contributed by atoms with Gasteiger partial charge in [-0.2, -0.15) is 0 Å². The highest BCUT2D eigenvalue weighted by Gasteiger charge is 2.09. The molecular formula is C28H26N8. The molecule has 0 saturated carbocycles. The van der Waals surface area contributed by atoms with Crippen molar-refractivity contribution in [3.8, 4) is 0 Å². The molecule has 178 valence electrons. The second kappa shape index (κ2) is 8.35. The van der Waals surface area contributed by atoms with Crippen LogP contribution in [0.3, 0.4) is 0 Å². The van der Waals surface area contributed by atoms with Crippen LogP contribution in [0.5, 0.6) is 0 Å². The molecule has 7 heterocycles. The molecule has 0 atom stereocenters. The molecule has 0 fully saturated rings. The van der Waals surface area contributed by atoms with Crippen molar-refractivity contribution in [2.45, 2.75) is 0 Å². The van der Waals surface area contributed by atoms with E-state index in [0.29, 0.717) is 0 Å². The van der Waals surface area contributed by atoms with Crippen LogP contribution in [-0.4, -0.2) is 52.9 Å². The molecular weight excluding hydrogens is 448 g/mol. The quantitative estimate of drug-likeness (QED) is 0.275. The minimum atomic E-state index is 0.755. The molecule has 4 aromatic rings. The molecule has 0 unspecified atom stereocenters. The van der Waals surface area contributed by atoms with E-state index < -0.39 is 0 Å². The molecule has 0 spiro atoms. The van der Waals surface area contributed by atoms with Crippen LogP contribution in [0.4, 0.5) is 0 Å². The molecule has 8 nitrogen and oxygen atoms in total. The zero-order chi connectivity index (χ0) is 23.9. The van der Waals surface area contributed by atoms with E-state index in [1.165, 1.54) is 0 Å². The summed E-state index contributed by atoms with van der Waals surface area (Å²) < 4.78 is 0. The largest absolute Gasteiger partial charge is 0.355 e. The number of hydrogen-bond acceptors (Lipinski definition) is 4. The number of H-pyrrole nitrogens is 4. The van der Waals surface area contributed by atoms with Gasteiger partial charge in [-0.1, -0.05) is 0 Å². The van der Waals surface area contributed by atoms with E-state index in [4.69, 9.17) is 0 Å². The molecule has 0 aliphatic carbocycles. The SMILES string of the molecule is C1=CN2C=c3ccc([nH]3)=CN3C=CN(C=c4ccc([nH]4)=Cc4ccc([nH]4)C=c4ccc([nH]4)=CN1C2)C3. The lowest BCUT2D eigenvalue weighted by molar-refractivity contribution is 0.436. The Balaban J connectivity index is 1.29. The van der Waals surface area contributed by atoms with Gasteiger partial charge < -0.3 is 39.5 Å². The lowest BCUT2D eigenvalue weighted by atomic mass is 10.3. The first-order valence-corrected chi connectivity index (χ1v) is 11.9. The summed E-state index contributed by atoms with van der Waals surface area (Å²) >= 11 is 0. The number of rotatable bonds is 0. The lowest BCUT2D eigenvalue weighted by Crippen LogP contribution is -2.24. The molecule has 0 amide bonds. The van der Waals surface area contributed by atoms with Gasteiger partial charge in [0.15, 0.2) is 0 Å². The van der Waals surface area contributed by atoms with Crippen LogP contribution in [0, 0.1) is 0 Å². The highest BCUT2D eigenvalue weighted by Crippen LogP contribution is 2.08. The van der Waals surface area contributed by atoms with E-state index in [1.807, 2.05) is 0 Å². The Morgan fingerprint density at radius 3 is 1.11 bits per heavy atom.